The van der Waals surface area contributed by atoms with Crippen LogP contribution in [0.1, 0.15) is 50.0 Å². The van der Waals surface area contributed by atoms with E-state index in [0.29, 0.717) is 39.7 Å². The number of aliphatic hydroxyl groups is 1. The summed E-state index contributed by atoms with van der Waals surface area (Å²) in [7, 11) is 0. The molecule has 1 aromatic heterocycles. The number of amides is 1. The van der Waals surface area contributed by atoms with Gasteiger partial charge in [-0.25, -0.2) is 4.79 Å². The van der Waals surface area contributed by atoms with Crippen molar-refractivity contribution >= 4 is 11.7 Å². The SMILES string of the molecule is O=C(Nc1ccn([C@@H]2O[C@H](CO)[C@@H](OC3(c4ccccc4)c4ccccc4Oc4ccccc43)[C@H]2OC2(c3ccccc3)c3ccccc3Oc3ccccc32)c(=O)n1)c1ccccc1. The van der Waals surface area contributed by atoms with Crippen molar-refractivity contribution in [1.29, 1.82) is 0 Å². The Bertz CT molecular complexity index is 3000. The highest BCUT2D eigenvalue weighted by molar-refractivity contribution is 6.03. The molecule has 3 aliphatic rings. The number of nitrogens with zero attached hydrogens (tertiary/aromatic N) is 2. The molecule has 8 aromatic rings. The average molecular weight is 860 g/mol. The van der Waals surface area contributed by atoms with Crippen LogP contribution in [0.4, 0.5) is 5.82 Å². The minimum Gasteiger partial charge on any atom is -0.457 e. The molecule has 0 radical (unpaired) electrons. The van der Waals surface area contributed by atoms with Gasteiger partial charge in [-0.05, 0) is 53.6 Å². The second-order valence-corrected chi connectivity index (χ2v) is 16.0. The minimum absolute atomic E-state index is 0.0496. The monoisotopic (exact) mass is 859 g/mol. The Balaban J connectivity index is 1.13. The molecule has 65 heavy (non-hydrogen) atoms. The summed E-state index contributed by atoms with van der Waals surface area (Å²) < 4.78 is 37.0. The van der Waals surface area contributed by atoms with Crippen LogP contribution < -0.4 is 20.5 Å². The zero-order valence-electron chi connectivity index (χ0n) is 34.8. The standard InChI is InChI=1S/C54H41N3O8/c58-34-46-48(64-53(36-20-6-2-7-21-36)38-24-10-14-28-42(38)61-43-29-15-11-25-39(43)53)49(51(63-46)57-33-32-47(56-52(57)60)55-50(59)35-18-4-1-5-19-35)65-54(37-22-8-3-9-23-37)40-26-12-16-30-44(40)62-45-31-17-13-27-41(45)54/h1-33,46,48-49,51,58H,34H2,(H,55,56,59,60)/t46-,48-,49-,51-/m1/s1. The lowest BCUT2D eigenvalue weighted by Gasteiger charge is -2.46. The van der Waals surface area contributed by atoms with Gasteiger partial charge >= 0.3 is 5.69 Å². The van der Waals surface area contributed by atoms with E-state index >= 15 is 0 Å². The van der Waals surface area contributed by atoms with Crippen molar-refractivity contribution in [3.05, 3.63) is 250 Å². The van der Waals surface area contributed by atoms with Crippen molar-refractivity contribution < 1.29 is 33.6 Å². The highest BCUT2D eigenvalue weighted by atomic mass is 16.6. The molecule has 4 heterocycles. The van der Waals surface area contributed by atoms with Gasteiger partial charge in [0.2, 0.25) is 0 Å². The van der Waals surface area contributed by atoms with E-state index in [1.54, 1.807) is 24.3 Å². The van der Waals surface area contributed by atoms with Crippen LogP contribution in [0.15, 0.2) is 205 Å². The first kappa shape index (κ1) is 40.1. The smallest absolute Gasteiger partial charge is 0.351 e. The number of nitrogens with one attached hydrogen (secondary N) is 1. The number of hydrogen-bond acceptors (Lipinski definition) is 9. The van der Waals surface area contributed by atoms with Crippen molar-refractivity contribution in [2.45, 2.75) is 35.7 Å². The minimum atomic E-state index is -1.39. The molecule has 0 saturated carbocycles. The number of carbonyl (C=O) groups excluding carboxylic acids is 1. The molecule has 1 fully saturated rings. The molecule has 11 nitrogen and oxygen atoms in total. The molecule has 320 valence electrons. The highest BCUT2D eigenvalue weighted by Crippen LogP contribution is 2.57. The zero-order chi connectivity index (χ0) is 44.0. The van der Waals surface area contributed by atoms with Crippen molar-refractivity contribution in [3.63, 3.8) is 0 Å². The van der Waals surface area contributed by atoms with Gasteiger partial charge in [0, 0.05) is 34.0 Å². The van der Waals surface area contributed by atoms with Gasteiger partial charge in [0.1, 0.15) is 47.1 Å². The van der Waals surface area contributed by atoms with Crippen LogP contribution in [0.25, 0.3) is 0 Å². The lowest BCUT2D eigenvalue weighted by atomic mass is 9.77. The molecule has 4 atom stereocenters. The van der Waals surface area contributed by atoms with Crippen LogP contribution in [0.5, 0.6) is 23.0 Å². The first-order valence-electron chi connectivity index (χ1n) is 21.4. The van der Waals surface area contributed by atoms with Crippen molar-refractivity contribution in [2.24, 2.45) is 0 Å². The van der Waals surface area contributed by atoms with E-state index in [1.165, 1.54) is 16.8 Å². The Labute approximate surface area is 374 Å². The molecule has 0 aliphatic carbocycles. The summed E-state index contributed by atoms with van der Waals surface area (Å²) in [6.07, 6.45) is -3.05. The van der Waals surface area contributed by atoms with Crippen LogP contribution in [-0.2, 0) is 25.4 Å². The lowest BCUT2D eigenvalue weighted by molar-refractivity contribution is -0.159. The quantitative estimate of drug-likeness (QED) is 0.138. The summed E-state index contributed by atoms with van der Waals surface area (Å²) in [4.78, 5) is 32.0. The van der Waals surface area contributed by atoms with Gasteiger partial charge in [0.15, 0.2) is 17.4 Å². The highest BCUT2D eigenvalue weighted by Gasteiger charge is 2.58. The molecule has 0 spiro atoms. The van der Waals surface area contributed by atoms with Crippen LogP contribution in [0.2, 0.25) is 0 Å². The van der Waals surface area contributed by atoms with Crippen LogP contribution in [0.3, 0.4) is 0 Å². The number of benzene rings is 7. The third-order valence-corrected chi connectivity index (χ3v) is 12.3. The summed E-state index contributed by atoms with van der Waals surface area (Å²) >= 11 is 0. The average Bonchev–Trinajstić information content (AvgIpc) is 3.69. The van der Waals surface area contributed by atoms with E-state index < -0.39 is 53.9 Å². The fourth-order valence-electron chi connectivity index (χ4n) is 9.48. The number of hydrogen-bond donors (Lipinski definition) is 2. The molecular weight excluding hydrogens is 819 g/mol. The molecular formula is C54H41N3O8. The molecule has 2 N–H and O–H groups in total. The third kappa shape index (κ3) is 6.72. The number of rotatable bonds is 10. The Hall–Kier alpha value is -7.67. The van der Waals surface area contributed by atoms with Gasteiger partial charge in [-0.1, -0.05) is 152 Å². The van der Waals surface area contributed by atoms with Crippen molar-refractivity contribution in [1.82, 2.24) is 9.55 Å². The maximum Gasteiger partial charge on any atom is 0.351 e. The molecule has 0 bridgehead atoms. The first-order valence-corrected chi connectivity index (χ1v) is 21.4. The maximum absolute atomic E-state index is 14.5. The lowest BCUT2D eigenvalue weighted by Crippen LogP contribution is -2.50. The molecule has 1 saturated heterocycles. The summed E-state index contributed by atoms with van der Waals surface area (Å²) in [5.74, 6) is 1.95. The number of ether oxygens (including phenoxy) is 5. The van der Waals surface area contributed by atoms with Crippen molar-refractivity contribution in [2.75, 3.05) is 11.9 Å². The Kier molecular flexibility index (Phi) is 10.2. The summed E-state index contributed by atoms with van der Waals surface area (Å²) in [5.41, 5.74) is 1.36. The van der Waals surface area contributed by atoms with Gasteiger partial charge in [0.05, 0.1) is 6.61 Å². The second-order valence-electron chi connectivity index (χ2n) is 16.0. The molecule has 11 heteroatoms. The number of para-hydroxylation sites is 4. The van der Waals surface area contributed by atoms with E-state index in [0.717, 1.165) is 22.3 Å². The number of aliphatic hydroxyl groups excluding tert-OH is 1. The Morgan fingerprint density at radius 1 is 0.569 bits per heavy atom. The van der Waals surface area contributed by atoms with Gasteiger partial charge in [-0.2, -0.15) is 4.98 Å². The van der Waals surface area contributed by atoms with Gasteiger partial charge < -0.3 is 34.1 Å². The van der Waals surface area contributed by atoms with E-state index in [2.05, 4.69) is 10.3 Å². The summed E-state index contributed by atoms with van der Waals surface area (Å²) in [6.45, 7) is -0.506. The normalized spacial score (nSPS) is 19.6. The predicted octanol–water partition coefficient (Wildman–Crippen LogP) is 9.35. The molecule has 3 aliphatic heterocycles. The largest absolute Gasteiger partial charge is 0.457 e. The first-order chi connectivity index (χ1) is 32.0. The van der Waals surface area contributed by atoms with Crippen LogP contribution in [-0.4, -0.2) is 45.5 Å². The Morgan fingerprint density at radius 3 is 1.43 bits per heavy atom. The topological polar surface area (TPSA) is 130 Å². The van der Waals surface area contributed by atoms with Crippen LogP contribution >= 0.6 is 0 Å². The van der Waals surface area contributed by atoms with E-state index in [-0.39, 0.29) is 5.82 Å². The number of anilines is 1. The fourth-order valence-corrected chi connectivity index (χ4v) is 9.48. The van der Waals surface area contributed by atoms with Crippen molar-refractivity contribution in [3.8, 4) is 23.0 Å². The number of fused-ring (bicyclic) bond motifs is 4. The second kappa shape index (κ2) is 16.5. The van der Waals surface area contributed by atoms with E-state index in [4.69, 9.17) is 23.7 Å². The zero-order valence-corrected chi connectivity index (χ0v) is 34.8. The summed E-state index contributed by atoms with van der Waals surface area (Å²) in [5, 5.41) is 14.2. The number of carbonyl (C=O) groups is 1. The van der Waals surface area contributed by atoms with Gasteiger partial charge in [-0.3, -0.25) is 9.36 Å². The summed E-state index contributed by atoms with van der Waals surface area (Å²) in [6, 6.07) is 60.8. The fraction of sp³-hybridized carbons (Fsp3) is 0.130. The molecule has 11 rings (SSSR count). The van der Waals surface area contributed by atoms with E-state index in [9.17, 15) is 14.7 Å². The third-order valence-electron chi connectivity index (χ3n) is 12.3. The molecule has 7 aromatic carbocycles. The van der Waals surface area contributed by atoms with Gasteiger partial charge in [-0.15, -0.1) is 0 Å². The van der Waals surface area contributed by atoms with Gasteiger partial charge in [0.25, 0.3) is 5.91 Å². The number of aromatic nitrogens is 2. The maximum atomic E-state index is 14.5. The predicted molar refractivity (Wildman–Crippen MR) is 242 cm³/mol. The molecule has 1 amide bonds. The molecule has 0 unspecified atom stereocenters. The van der Waals surface area contributed by atoms with E-state index in [1.807, 2.05) is 164 Å². The van der Waals surface area contributed by atoms with Crippen LogP contribution in [0, 0.1) is 0 Å². The Morgan fingerprint density at radius 2 is 0.985 bits per heavy atom.